The van der Waals surface area contributed by atoms with Gasteiger partial charge in [0, 0.05) is 23.2 Å². The van der Waals surface area contributed by atoms with Crippen LogP contribution in [0.2, 0.25) is 0 Å². The number of nitrogens with zero attached hydrogens (tertiary/aromatic N) is 1. The summed E-state index contributed by atoms with van der Waals surface area (Å²) in [7, 11) is 0. The lowest BCUT2D eigenvalue weighted by Gasteiger charge is -2.36. The second-order valence-corrected chi connectivity index (χ2v) is 7.44. The van der Waals surface area contributed by atoms with Crippen LogP contribution in [0.5, 0.6) is 0 Å². The van der Waals surface area contributed by atoms with Gasteiger partial charge in [0.25, 0.3) is 0 Å². The van der Waals surface area contributed by atoms with Gasteiger partial charge in [0.15, 0.2) is 5.78 Å². The van der Waals surface area contributed by atoms with Crippen LogP contribution in [0, 0.1) is 5.92 Å². The van der Waals surface area contributed by atoms with Crippen LogP contribution in [0.3, 0.4) is 0 Å². The van der Waals surface area contributed by atoms with Crippen molar-refractivity contribution in [1.29, 1.82) is 0 Å². The lowest BCUT2D eigenvalue weighted by atomic mass is 9.83. The molecule has 2 rings (SSSR count). The average molecular weight is 349 g/mol. The molecule has 1 aromatic rings. The van der Waals surface area contributed by atoms with Gasteiger partial charge in [0.1, 0.15) is 5.54 Å². The Kier molecular flexibility index (Phi) is 8.97. The standard InChI is InChI=1S/C17H27NO.2CO2/c1-13(2)15(19)17(10-6-7-11-17)18-12-8-9-14(18)16(3,4)5;2*2-1-3/h8-9,12-13H,6-7,10-11H2,1-5H3;;. The first-order chi connectivity index (χ1) is 11.6. The molecule has 0 spiro atoms. The third-order valence-electron chi connectivity index (χ3n) is 4.39. The molecule has 0 aromatic carbocycles. The number of hydrogen-bond donors (Lipinski definition) is 0. The summed E-state index contributed by atoms with van der Waals surface area (Å²) in [5, 5.41) is 0. The van der Waals surface area contributed by atoms with Crippen molar-refractivity contribution in [3.63, 3.8) is 0 Å². The maximum absolute atomic E-state index is 12.8. The van der Waals surface area contributed by atoms with E-state index in [2.05, 4.69) is 43.7 Å². The van der Waals surface area contributed by atoms with Gasteiger partial charge in [-0.05, 0) is 25.0 Å². The molecule has 1 aromatic heterocycles. The molecule has 1 saturated carbocycles. The second-order valence-electron chi connectivity index (χ2n) is 7.44. The van der Waals surface area contributed by atoms with Gasteiger partial charge in [-0.25, -0.2) is 0 Å². The molecule has 1 aliphatic rings. The molecule has 0 N–H and O–H groups in total. The Hall–Kier alpha value is -2.29. The van der Waals surface area contributed by atoms with Gasteiger partial charge in [-0.1, -0.05) is 47.5 Å². The average Bonchev–Trinajstić information content (AvgIpc) is 3.17. The van der Waals surface area contributed by atoms with Crippen LogP contribution in [-0.2, 0) is 34.9 Å². The molecule has 0 atom stereocenters. The molecule has 0 radical (unpaired) electrons. The summed E-state index contributed by atoms with van der Waals surface area (Å²) in [5.41, 5.74) is 1.08. The molecule has 0 aliphatic heterocycles. The van der Waals surface area contributed by atoms with Crippen molar-refractivity contribution < 1.29 is 24.0 Å². The van der Waals surface area contributed by atoms with E-state index in [1.807, 2.05) is 13.8 Å². The molecule has 0 amide bonds. The number of Topliss-reactive ketones (excluding diaryl/α,β-unsaturated/α-hetero) is 1. The third kappa shape index (κ3) is 5.63. The topological polar surface area (TPSA) is 90.3 Å². The molecular weight excluding hydrogens is 322 g/mol. The number of ketones is 1. The summed E-state index contributed by atoms with van der Waals surface area (Å²) in [6, 6.07) is 4.27. The van der Waals surface area contributed by atoms with Crippen molar-refractivity contribution in [2.24, 2.45) is 5.92 Å². The van der Waals surface area contributed by atoms with E-state index in [-0.39, 0.29) is 29.2 Å². The molecule has 1 heterocycles. The van der Waals surface area contributed by atoms with Gasteiger partial charge in [0.05, 0.1) is 0 Å². The summed E-state index contributed by atoms with van der Waals surface area (Å²) >= 11 is 0. The number of aromatic nitrogens is 1. The Morgan fingerprint density at radius 3 is 1.88 bits per heavy atom. The lowest BCUT2D eigenvalue weighted by Crippen LogP contribution is -2.43. The smallest absolute Gasteiger partial charge is 0.338 e. The molecule has 138 valence electrons. The van der Waals surface area contributed by atoms with Crippen molar-refractivity contribution in [2.45, 2.75) is 71.3 Å². The number of carbonyl (C=O) groups is 1. The van der Waals surface area contributed by atoms with E-state index in [4.69, 9.17) is 19.2 Å². The van der Waals surface area contributed by atoms with E-state index in [0.717, 1.165) is 12.8 Å². The minimum Gasteiger partial charge on any atom is -0.338 e. The predicted octanol–water partition coefficient (Wildman–Crippen LogP) is 3.11. The van der Waals surface area contributed by atoms with E-state index < -0.39 is 0 Å². The largest absolute Gasteiger partial charge is 0.373 e. The highest BCUT2D eigenvalue weighted by Crippen LogP contribution is 2.42. The van der Waals surface area contributed by atoms with Crippen molar-refractivity contribution in [3.8, 4) is 0 Å². The Labute approximate surface area is 148 Å². The molecule has 1 aliphatic carbocycles. The minimum absolute atomic E-state index is 0.0797. The zero-order valence-electron chi connectivity index (χ0n) is 15.6. The third-order valence-corrected chi connectivity index (χ3v) is 4.39. The number of rotatable bonds is 3. The first kappa shape index (κ1) is 22.7. The van der Waals surface area contributed by atoms with Gasteiger partial charge in [-0.3, -0.25) is 4.79 Å². The molecule has 1 fully saturated rings. The van der Waals surface area contributed by atoms with Gasteiger partial charge in [0.2, 0.25) is 0 Å². The Morgan fingerprint density at radius 2 is 1.52 bits per heavy atom. The minimum atomic E-state index is -0.277. The Bertz CT molecular complexity index is 606. The van der Waals surface area contributed by atoms with Crippen LogP contribution in [0.25, 0.3) is 0 Å². The van der Waals surface area contributed by atoms with Gasteiger partial charge in [-0.2, -0.15) is 19.2 Å². The summed E-state index contributed by atoms with van der Waals surface area (Å²) in [5.74, 6) is 0.514. The molecule has 6 nitrogen and oxygen atoms in total. The second kappa shape index (κ2) is 9.87. The van der Waals surface area contributed by atoms with Crippen molar-refractivity contribution >= 4 is 18.1 Å². The normalized spacial score (nSPS) is 15.1. The highest BCUT2D eigenvalue weighted by molar-refractivity contribution is 5.88. The van der Waals surface area contributed by atoms with Crippen molar-refractivity contribution in [3.05, 3.63) is 24.0 Å². The fraction of sp³-hybridized carbons (Fsp3) is 0.632. The number of hydrogen-bond acceptors (Lipinski definition) is 5. The molecule has 25 heavy (non-hydrogen) atoms. The molecule has 0 unspecified atom stereocenters. The fourth-order valence-electron chi connectivity index (χ4n) is 3.47. The highest BCUT2D eigenvalue weighted by Gasteiger charge is 2.44. The van der Waals surface area contributed by atoms with Crippen LogP contribution in [-0.4, -0.2) is 22.7 Å². The van der Waals surface area contributed by atoms with E-state index >= 15 is 0 Å². The SMILES string of the molecule is CC(C)C(=O)C1(n2cccc2C(C)(C)C)CCCC1.O=C=O.O=C=O. The van der Waals surface area contributed by atoms with Crippen LogP contribution in [0.4, 0.5) is 0 Å². The van der Waals surface area contributed by atoms with Crippen molar-refractivity contribution in [2.75, 3.05) is 0 Å². The maximum Gasteiger partial charge on any atom is 0.373 e. The Morgan fingerprint density at radius 1 is 1.08 bits per heavy atom. The first-order valence-electron chi connectivity index (χ1n) is 8.33. The molecule has 6 heteroatoms. The summed E-state index contributed by atoms with van der Waals surface area (Å²) in [6.07, 6.45) is 6.95. The molecule has 0 saturated heterocycles. The van der Waals surface area contributed by atoms with Crippen LogP contribution in [0.1, 0.15) is 66.0 Å². The molecule has 0 bridgehead atoms. The van der Waals surface area contributed by atoms with E-state index in [0.29, 0.717) is 5.78 Å². The van der Waals surface area contributed by atoms with E-state index in [1.54, 1.807) is 0 Å². The number of carbonyl (C=O) groups excluding carboxylic acids is 5. The van der Waals surface area contributed by atoms with E-state index in [1.165, 1.54) is 18.5 Å². The highest BCUT2D eigenvalue weighted by atomic mass is 16.2. The van der Waals surface area contributed by atoms with Crippen LogP contribution < -0.4 is 0 Å². The monoisotopic (exact) mass is 349 g/mol. The first-order valence-corrected chi connectivity index (χ1v) is 8.33. The Balaban J connectivity index is 0.000000844. The zero-order chi connectivity index (χ0) is 19.7. The van der Waals surface area contributed by atoms with Gasteiger partial charge >= 0.3 is 12.3 Å². The summed E-state index contributed by atoms with van der Waals surface area (Å²) in [4.78, 5) is 45.3. The van der Waals surface area contributed by atoms with Gasteiger partial charge in [-0.15, -0.1) is 0 Å². The van der Waals surface area contributed by atoms with Crippen LogP contribution >= 0.6 is 0 Å². The predicted molar refractivity (Wildman–Crippen MR) is 89.4 cm³/mol. The quantitative estimate of drug-likeness (QED) is 0.836. The maximum atomic E-state index is 12.8. The molecular formula is C19H27NO5. The fourth-order valence-corrected chi connectivity index (χ4v) is 3.47. The lowest BCUT2D eigenvalue weighted by molar-refractivity contribution is -0.193. The zero-order valence-corrected chi connectivity index (χ0v) is 15.6. The van der Waals surface area contributed by atoms with E-state index in [9.17, 15) is 4.79 Å². The summed E-state index contributed by atoms with van der Waals surface area (Å²) in [6.45, 7) is 10.7. The summed E-state index contributed by atoms with van der Waals surface area (Å²) < 4.78 is 2.29. The van der Waals surface area contributed by atoms with Gasteiger partial charge < -0.3 is 4.57 Å². The van der Waals surface area contributed by atoms with Crippen LogP contribution in [0.15, 0.2) is 18.3 Å². The van der Waals surface area contributed by atoms with Crippen molar-refractivity contribution in [1.82, 2.24) is 4.57 Å².